The van der Waals surface area contributed by atoms with E-state index >= 15 is 0 Å². The largest absolute Gasteiger partial charge is 0.323 e. The number of rotatable bonds is 2. The standard InChI is InChI=1S/C13H18N4O/c1-13(2,3)11(14)12(18)16-9-6-4-5-8-7-15-17-10(8)9/h4-7,11H,14H2,1-3H3,(H,15,17)(H,16,18)/t11-/m0/s1. The summed E-state index contributed by atoms with van der Waals surface area (Å²) in [5.41, 5.74) is 7.17. The zero-order valence-electron chi connectivity index (χ0n) is 10.8. The van der Waals surface area contributed by atoms with E-state index in [0.29, 0.717) is 5.69 Å². The normalized spacial score (nSPS) is 13.6. The quantitative estimate of drug-likeness (QED) is 0.756. The van der Waals surface area contributed by atoms with Crippen LogP contribution in [0.25, 0.3) is 10.9 Å². The van der Waals surface area contributed by atoms with Gasteiger partial charge in [0.1, 0.15) is 0 Å². The Kier molecular flexibility index (Phi) is 3.09. The molecule has 1 aromatic heterocycles. The van der Waals surface area contributed by atoms with Gasteiger partial charge in [0.2, 0.25) is 5.91 Å². The number of nitrogens with two attached hydrogens (primary N) is 1. The Hall–Kier alpha value is -1.88. The van der Waals surface area contributed by atoms with Gasteiger partial charge in [0.25, 0.3) is 0 Å². The van der Waals surface area contributed by atoms with Crippen molar-refractivity contribution < 1.29 is 4.79 Å². The molecule has 1 amide bonds. The summed E-state index contributed by atoms with van der Waals surface area (Å²) < 4.78 is 0. The van der Waals surface area contributed by atoms with Crippen LogP contribution in [-0.4, -0.2) is 22.1 Å². The first kappa shape index (κ1) is 12.6. The molecular formula is C13H18N4O. The van der Waals surface area contributed by atoms with Crippen LogP contribution in [0.2, 0.25) is 0 Å². The third kappa shape index (κ3) is 2.36. The Morgan fingerprint density at radius 3 is 2.83 bits per heavy atom. The molecule has 4 N–H and O–H groups in total. The number of H-pyrrole nitrogens is 1. The van der Waals surface area contributed by atoms with Crippen LogP contribution in [-0.2, 0) is 4.79 Å². The first-order valence-electron chi connectivity index (χ1n) is 5.88. The minimum absolute atomic E-state index is 0.190. The van der Waals surface area contributed by atoms with Crippen molar-refractivity contribution in [3.05, 3.63) is 24.4 Å². The van der Waals surface area contributed by atoms with Crippen LogP contribution in [0.15, 0.2) is 24.4 Å². The molecule has 0 bridgehead atoms. The van der Waals surface area contributed by atoms with Gasteiger partial charge < -0.3 is 11.1 Å². The fourth-order valence-corrected chi connectivity index (χ4v) is 1.68. The molecule has 2 aromatic rings. The van der Waals surface area contributed by atoms with Gasteiger partial charge in [-0.05, 0) is 11.5 Å². The third-order valence-electron chi connectivity index (χ3n) is 2.95. The Morgan fingerprint density at radius 2 is 2.17 bits per heavy atom. The SMILES string of the molecule is CC(C)(C)[C@@H](N)C(=O)Nc1cccc2cn[nH]c12. The maximum Gasteiger partial charge on any atom is 0.241 e. The van der Waals surface area contributed by atoms with Gasteiger partial charge in [0.15, 0.2) is 0 Å². The number of carbonyl (C=O) groups is 1. The summed E-state index contributed by atoms with van der Waals surface area (Å²) in [7, 11) is 0. The molecule has 0 radical (unpaired) electrons. The molecule has 0 saturated carbocycles. The van der Waals surface area contributed by atoms with Gasteiger partial charge in [0.05, 0.1) is 23.4 Å². The zero-order chi connectivity index (χ0) is 13.3. The summed E-state index contributed by atoms with van der Waals surface area (Å²) in [6, 6.07) is 5.07. The predicted molar refractivity (Wildman–Crippen MR) is 72.2 cm³/mol. The summed E-state index contributed by atoms with van der Waals surface area (Å²) in [5, 5.41) is 10.6. The molecule has 18 heavy (non-hydrogen) atoms. The molecule has 0 saturated heterocycles. The van der Waals surface area contributed by atoms with E-state index in [0.717, 1.165) is 10.9 Å². The Bertz CT molecular complexity index is 568. The average molecular weight is 246 g/mol. The van der Waals surface area contributed by atoms with Gasteiger partial charge in [-0.15, -0.1) is 0 Å². The van der Waals surface area contributed by atoms with Crippen molar-refractivity contribution in [2.24, 2.45) is 11.1 Å². The number of nitrogens with zero attached hydrogens (tertiary/aromatic N) is 1. The highest BCUT2D eigenvalue weighted by molar-refractivity contribution is 6.02. The Labute approximate surface area is 106 Å². The first-order valence-corrected chi connectivity index (χ1v) is 5.88. The number of hydrogen-bond acceptors (Lipinski definition) is 3. The molecule has 96 valence electrons. The average Bonchev–Trinajstić information content (AvgIpc) is 2.75. The second-order valence-corrected chi connectivity index (χ2v) is 5.47. The molecule has 1 atom stereocenters. The molecule has 0 aliphatic heterocycles. The lowest BCUT2D eigenvalue weighted by atomic mass is 9.87. The number of fused-ring (bicyclic) bond motifs is 1. The molecule has 0 fully saturated rings. The van der Waals surface area contributed by atoms with Crippen LogP contribution in [0.4, 0.5) is 5.69 Å². The molecule has 0 spiro atoms. The van der Waals surface area contributed by atoms with Crippen molar-refractivity contribution in [3.63, 3.8) is 0 Å². The van der Waals surface area contributed by atoms with Crippen molar-refractivity contribution in [1.82, 2.24) is 10.2 Å². The lowest BCUT2D eigenvalue weighted by Crippen LogP contribution is -2.45. The second kappa shape index (κ2) is 4.42. The molecule has 0 aliphatic rings. The summed E-state index contributed by atoms with van der Waals surface area (Å²) in [6.45, 7) is 5.82. The van der Waals surface area contributed by atoms with Crippen LogP contribution in [0.1, 0.15) is 20.8 Å². The smallest absolute Gasteiger partial charge is 0.241 e. The number of nitrogens with one attached hydrogen (secondary N) is 2. The molecule has 0 unspecified atom stereocenters. The van der Waals surface area contributed by atoms with Gasteiger partial charge >= 0.3 is 0 Å². The van der Waals surface area contributed by atoms with E-state index in [1.807, 2.05) is 39.0 Å². The number of aromatic nitrogens is 2. The highest BCUT2D eigenvalue weighted by Crippen LogP contribution is 2.23. The van der Waals surface area contributed by atoms with Crippen molar-refractivity contribution in [3.8, 4) is 0 Å². The monoisotopic (exact) mass is 246 g/mol. The Balaban J connectivity index is 2.24. The Morgan fingerprint density at radius 1 is 1.44 bits per heavy atom. The highest BCUT2D eigenvalue weighted by atomic mass is 16.2. The summed E-state index contributed by atoms with van der Waals surface area (Å²) in [4.78, 5) is 12.1. The summed E-state index contributed by atoms with van der Waals surface area (Å²) >= 11 is 0. The van der Waals surface area contributed by atoms with E-state index in [1.165, 1.54) is 0 Å². The molecule has 0 aliphatic carbocycles. The fraction of sp³-hybridized carbons (Fsp3) is 0.385. The number of anilines is 1. The number of para-hydroxylation sites is 1. The predicted octanol–water partition coefficient (Wildman–Crippen LogP) is 1.87. The van der Waals surface area contributed by atoms with E-state index in [4.69, 9.17) is 5.73 Å². The van der Waals surface area contributed by atoms with E-state index in [9.17, 15) is 4.79 Å². The maximum absolute atomic E-state index is 12.1. The van der Waals surface area contributed by atoms with Crippen LogP contribution < -0.4 is 11.1 Å². The number of aromatic amines is 1. The molecule has 2 rings (SSSR count). The van der Waals surface area contributed by atoms with Crippen LogP contribution in [0.5, 0.6) is 0 Å². The number of carbonyl (C=O) groups excluding carboxylic acids is 1. The molecule has 5 heteroatoms. The van der Waals surface area contributed by atoms with Crippen molar-refractivity contribution in [2.45, 2.75) is 26.8 Å². The van der Waals surface area contributed by atoms with Crippen molar-refractivity contribution >= 4 is 22.5 Å². The second-order valence-electron chi connectivity index (χ2n) is 5.47. The lowest BCUT2D eigenvalue weighted by molar-refractivity contribution is -0.119. The van der Waals surface area contributed by atoms with E-state index in [2.05, 4.69) is 15.5 Å². The highest BCUT2D eigenvalue weighted by Gasteiger charge is 2.27. The minimum Gasteiger partial charge on any atom is -0.323 e. The topological polar surface area (TPSA) is 83.8 Å². The van der Waals surface area contributed by atoms with Gasteiger partial charge in [-0.1, -0.05) is 32.9 Å². The molecule has 5 nitrogen and oxygen atoms in total. The van der Waals surface area contributed by atoms with Crippen molar-refractivity contribution in [2.75, 3.05) is 5.32 Å². The first-order chi connectivity index (χ1) is 8.39. The number of amides is 1. The maximum atomic E-state index is 12.1. The van der Waals surface area contributed by atoms with Gasteiger partial charge in [-0.2, -0.15) is 5.10 Å². The fourth-order valence-electron chi connectivity index (χ4n) is 1.68. The number of hydrogen-bond donors (Lipinski definition) is 3. The van der Waals surface area contributed by atoms with Crippen LogP contribution in [0, 0.1) is 5.41 Å². The molecule has 1 aromatic carbocycles. The number of benzene rings is 1. The van der Waals surface area contributed by atoms with Crippen molar-refractivity contribution in [1.29, 1.82) is 0 Å². The summed E-state index contributed by atoms with van der Waals surface area (Å²) in [6.07, 6.45) is 1.72. The van der Waals surface area contributed by atoms with Gasteiger partial charge in [-0.3, -0.25) is 9.89 Å². The van der Waals surface area contributed by atoms with Gasteiger partial charge in [-0.25, -0.2) is 0 Å². The lowest BCUT2D eigenvalue weighted by Gasteiger charge is -2.25. The van der Waals surface area contributed by atoms with Crippen LogP contribution >= 0.6 is 0 Å². The minimum atomic E-state index is -0.560. The van der Waals surface area contributed by atoms with E-state index < -0.39 is 6.04 Å². The molecular weight excluding hydrogens is 228 g/mol. The molecule has 1 heterocycles. The van der Waals surface area contributed by atoms with Crippen LogP contribution in [0.3, 0.4) is 0 Å². The van der Waals surface area contributed by atoms with E-state index in [-0.39, 0.29) is 11.3 Å². The third-order valence-corrected chi connectivity index (χ3v) is 2.95. The van der Waals surface area contributed by atoms with Gasteiger partial charge in [0, 0.05) is 5.39 Å². The zero-order valence-corrected chi connectivity index (χ0v) is 10.8. The summed E-state index contributed by atoms with van der Waals surface area (Å²) in [5.74, 6) is -0.190. The van der Waals surface area contributed by atoms with E-state index in [1.54, 1.807) is 6.20 Å².